The number of ether oxygens (including phenoxy) is 1. The highest BCUT2D eigenvalue weighted by Gasteiger charge is 2.07. The molecular weight excluding hydrogens is 266 g/mol. The zero-order chi connectivity index (χ0) is 13.7. The molecule has 0 saturated heterocycles. The van der Waals surface area contributed by atoms with Crippen LogP contribution in [-0.2, 0) is 11.3 Å². The molecule has 2 rings (SSSR count). The lowest BCUT2D eigenvalue weighted by molar-refractivity contribution is 0.185. The van der Waals surface area contributed by atoms with Gasteiger partial charge in [-0.1, -0.05) is 29.8 Å². The van der Waals surface area contributed by atoms with Crippen LogP contribution in [0.15, 0.2) is 30.5 Å². The summed E-state index contributed by atoms with van der Waals surface area (Å²) in [6.07, 6.45) is 1.48. The first kappa shape index (κ1) is 13.5. The highest BCUT2D eigenvalue weighted by Crippen LogP contribution is 2.25. The molecule has 0 aliphatic heterocycles. The molecule has 0 spiro atoms. The number of para-hydroxylation sites is 1. The first-order chi connectivity index (χ1) is 9.24. The van der Waals surface area contributed by atoms with Crippen LogP contribution in [0.2, 0.25) is 5.02 Å². The summed E-state index contributed by atoms with van der Waals surface area (Å²) in [5.74, 6) is 6.04. The second-order valence-electron chi connectivity index (χ2n) is 3.75. The van der Waals surface area contributed by atoms with Gasteiger partial charge in [0.05, 0.1) is 12.8 Å². The molecule has 0 atom stereocenters. The predicted octanol–water partition coefficient (Wildman–Crippen LogP) is 2.31. The summed E-state index contributed by atoms with van der Waals surface area (Å²) in [6, 6.07) is 7.73. The summed E-state index contributed by atoms with van der Waals surface area (Å²) < 4.78 is 5.14. The lowest BCUT2D eigenvalue weighted by Crippen LogP contribution is -2.11. The molecule has 0 saturated carbocycles. The minimum atomic E-state index is 0.288. The number of nitrogen functional groups attached to an aromatic ring is 1. The number of hydrogen-bond donors (Lipinski definition) is 3. The van der Waals surface area contributed by atoms with Crippen molar-refractivity contribution in [3.05, 3.63) is 41.0 Å². The summed E-state index contributed by atoms with van der Waals surface area (Å²) in [4.78, 5) is 8.07. The van der Waals surface area contributed by atoms with E-state index in [9.17, 15) is 0 Å². The molecule has 19 heavy (non-hydrogen) atoms. The fourth-order valence-electron chi connectivity index (χ4n) is 1.58. The number of hydrogen-bond acceptors (Lipinski definition) is 6. The second-order valence-corrected chi connectivity index (χ2v) is 4.16. The zero-order valence-corrected chi connectivity index (χ0v) is 11.1. The van der Waals surface area contributed by atoms with Crippen LogP contribution in [0, 0.1) is 0 Å². The molecule has 1 aromatic carbocycles. The van der Waals surface area contributed by atoms with Gasteiger partial charge in [-0.05, 0) is 6.07 Å². The van der Waals surface area contributed by atoms with E-state index in [1.807, 2.05) is 24.3 Å². The normalized spacial score (nSPS) is 10.3. The van der Waals surface area contributed by atoms with Gasteiger partial charge in [0.15, 0.2) is 5.82 Å². The predicted molar refractivity (Wildman–Crippen MR) is 75.3 cm³/mol. The van der Waals surface area contributed by atoms with Crippen LogP contribution >= 0.6 is 11.6 Å². The smallest absolute Gasteiger partial charge is 0.239 e. The van der Waals surface area contributed by atoms with Crippen molar-refractivity contribution >= 4 is 29.1 Å². The van der Waals surface area contributed by atoms with E-state index in [4.69, 9.17) is 22.2 Å². The van der Waals surface area contributed by atoms with E-state index in [1.54, 1.807) is 7.11 Å². The Balaban J connectivity index is 2.30. The molecule has 0 aliphatic rings. The molecule has 0 bridgehead atoms. The quantitative estimate of drug-likeness (QED) is 0.575. The van der Waals surface area contributed by atoms with E-state index in [0.29, 0.717) is 17.4 Å². The molecule has 7 heteroatoms. The van der Waals surface area contributed by atoms with E-state index in [-0.39, 0.29) is 5.95 Å². The summed E-state index contributed by atoms with van der Waals surface area (Å²) in [7, 11) is 1.64. The maximum absolute atomic E-state index is 6.05. The number of nitrogens with zero attached hydrogens (tertiary/aromatic N) is 2. The molecule has 6 nitrogen and oxygen atoms in total. The first-order valence-corrected chi connectivity index (χ1v) is 5.95. The van der Waals surface area contributed by atoms with Crippen molar-refractivity contribution in [1.82, 2.24) is 9.97 Å². The monoisotopic (exact) mass is 279 g/mol. The maximum atomic E-state index is 6.05. The number of rotatable bonds is 5. The van der Waals surface area contributed by atoms with Gasteiger partial charge >= 0.3 is 0 Å². The lowest BCUT2D eigenvalue weighted by atomic mass is 10.2. The molecule has 2 aromatic rings. The van der Waals surface area contributed by atoms with Crippen molar-refractivity contribution in [2.24, 2.45) is 5.84 Å². The second kappa shape index (κ2) is 6.33. The number of nitrogens with two attached hydrogens (primary N) is 1. The Hall–Kier alpha value is -1.89. The van der Waals surface area contributed by atoms with Gasteiger partial charge < -0.3 is 10.1 Å². The molecule has 4 N–H and O–H groups in total. The third kappa shape index (κ3) is 3.31. The van der Waals surface area contributed by atoms with Gasteiger partial charge in [0.1, 0.15) is 5.02 Å². The molecule has 1 heterocycles. The van der Waals surface area contributed by atoms with E-state index >= 15 is 0 Å². The van der Waals surface area contributed by atoms with Crippen molar-refractivity contribution in [2.75, 3.05) is 17.9 Å². The highest BCUT2D eigenvalue weighted by atomic mass is 35.5. The Morgan fingerprint density at radius 2 is 2.16 bits per heavy atom. The van der Waals surface area contributed by atoms with Gasteiger partial charge in [-0.15, -0.1) is 0 Å². The van der Waals surface area contributed by atoms with Crippen LogP contribution in [0.5, 0.6) is 0 Å². The van der Waals surface area contributed by atoms with Crippen LogP contribution in [0.3, 0.4) is 0 Å². The van der Waals surface area contributed by atoms with Gasteiger partial charge in [-0.25, -0.2) is 10.8 Å². The number of nitrogens with one attached hydrogen (secondary N) is 2. The average Bonchev–Trinajstić information content (AvgIpc) is 2.43. The van der Waals surface area contributed by atoms with Crippen molar-refractivity contribution in [3.8, 4) is 0 Å². The largest absolute Gasteiger partial charge is 0.380 e. The van der Waals surface area contributed by atoms with Crippen LogP contribution in [0.4, 0.5) is 17.5 Å². The van der Waals surface area contributed by atoms with Crippen molar-refractivity contribution in [1.29, 1.82) is 0 Å². The number of benzene rings is 1. The van der Waals surface area contributed by atoms with E-state index in [2.05, 4.69) is 20.7 Å². The van der Waals surface area contributed by atoms with Crippen LogP contribution < -0.4 is 16.6 Å². The third-order valence-corrected chi connectivity index (χ3v) is 2.72. The molecular formula is C12H14ClN5O. The SMILES string of the molecule is COCc1ccccc1Nc1nc(NN)ncc1Cl. The van der Waals surface area contributed by atoms with E-state index in [1.165, 1.54) is 6.20 Å². The Labute approximate surface area is 115 Å². The summed E-state index contributed by atoms with van der Waals surface area (Å²) >= 11 is 6.05. The molecule has 0 aliphatic carbocycles. The first-order valence-electron chi connectivity index (χ1n) is 5.57. The topological polar surface area (TPSA) is 85.1 Å². The zero-order valence-electron chi connectivity index (χ0n) is 10.4. The Kier molecular flexibility index (Phi) is 4.51. The summed E-state index contributed by atoms with van der Waals surface area (Å²) in [6.45, 7) is 0.494. The van der Waals surface area contributed by atoms with Gasteiger partial charge in [0, 0.05) is 18.4 Å². The molecule has 0 radical (unpaired) electrons. The highest BCUT2D eigenvalue weighted by molar-refractivity contribution is 6.32. The minimum Gasteiger partial charge on any atom is -0.380 e. The Morgan fingerprint density at radius 1 is 1.37 bits per heavy atom. The van der Waals surface area contributed by atoms with E-state index in [0.717, 1.165) is 11.3 Å². The Bertz CT molecular complexity index is 564. The van der Waals surface area contributed by atoms with Crippen LogP contribution in [-0.4, -0.2) is 17.1 Å². The Morgan fingerprint density at radius 3 is 2.89 bits per heavy atom. The number of anilines is 3. The summed E-state index contributed by atoms with van der Waals surface area (Å²) in [5.41, 5.74) is 4.24. The number of methoxy groups -OCH3 is 1. The van der Waals surface area contributed by atoms with E-state index < -0.39 is 0 Å². The molecule has 0 amide bonds. The summed E-state index contributed by atoms with van der Waals surface area (Å²) in [5, 5.41) is 3.55. The average molecular weight is 280 g/mol. The molecule has 1 aromatic heterocycles. The van der Waals surface area contributed by atoms with Crippen molar-refractivity contribution in [2.45, 2.75) is 6.61 Å². The van der Waals surface area contributed by atoms with Crippen molar-refractivity contribution in [3.63, 3.8) is 0 Å². The van der Waals surface area contributed by atoms with Gasteiger partial charge in [0.25, 0.3) is 0 Å². The molecule has 0 fully saturated rings. The molecule has 0 unspecified atom stereocenters. The van der Waals surface area contributed by atoms with Gasteiger partial charge in [-0.3, -0.25) is 5.43 Å². The minimum absolute atomic E-state index is 0.288. The maximum Gasteiger partial charge on any atom is 0.239 e. The standard InChI is InChI=1S/C12H14ClN5O/c1-19-7-8-4-2-3-5-10(8)16-11-9(13)6-15-12(17-11)18-14/h2-6H,7,14H2,1H3,(H2,15,16,17,18). The van der Waals surface area contributed by atoms with Gasteiger partial charge in [0.2, 0.25) is 5.95 Å². The van der Waals surface area contributed by atoms with Crippen LogP contribution in [0.1, 0.15) is 5.56 Å². The number of halogens is 1. The number of aromatic nitrogens is 2. The van der Waals surface area contributed by atoms with Crippen LogP contribution in [0.25, 0.3) is 0 Å². The van der Waals surface area contributed by atoms with Crippen molar-refractivity contribution < 1.29 is 4.74 Å². The number of hydrazine groups is 1. The lowest BCUT2D eigenvalue weighted by Gasteiger charge is -2.12. The molecule has 100 valence electrons. The van der Waals surface area contributed by atoms with Gasteiger partial charge in [-0.2, -0.15) is 4.98 Å². The fraction of sp³-hybridized carbons (Fsp3) is 0.167. The third-order valence-electron chi connectivity index (χ3n) is 2.44. The fourth-order valence-corrected chi connectivity index (χ4v) is 1.71.